The van der Waals surface area contributed by atoms with Gasteiger partial charge in [0.25, 0.3) is 5.91 Å². The number of ether oxygens (including phenoxy) is 1. The second-order valence-corrected chi connectivity index (χ2v) is 6.43. The first-order valence-electron chi connectivity index (χ1n) is 7.58. The summed E-state index contributed by atoms with van der Waals surface area (Å²) in [6, 6.07) is 11.7. The lowest BCUT2D eigenvalue weighted by atomic mass is 10.1. The molecule has 0 unspecified atom stereocenters. The second kappa shape index (κ2) is 8.91. The standard InChI is InChI=1S/C17H20N2O2S.ClH/c20-17(19-14-6-8-18-9-7-14)13-3-1-4-15(11-13)21-12-16-5-2-10-22-16;/h1-5,10-11,14,18H,6-9,12H2,(H,19,20);1H. The van der Waals surface area contributed by atoms with E-state index >= 15 is 0 Å². The molecule has 0 saturated carbocycles. The molecule has 124 valence electrons. The van der Waals surface area contributed by atoms with Crippen LogP contribution in [0.5, 0.6) is 5.75 Å². The maximum absolute atomic E-state index is 12.3. The maximum Gasteiger partial charge on any atom is 0.251 e. The van der Waals surface area contributed by atoms with Crippen molar-refractivity contribution in [2.75, 3.05) is 13.1 Å². The van der Waals surface area contributed by atoms with Gasteiger partial charge in [-0.3, -0.25) is 4.79 Å². The van der Waals surface area contributed by atoms with Gasteiger partial charge >= 0.3 is 0 Å². The Morgan fingerprint density at radius 2 is 2.09 bits per heavy atom. The molecule has 4 nitrogen and oxygen atoms in total. The fourth-order valence-electron chi connectivity index (χ4n) is 2.51. The summed E-state index contributed by atoms with van der Waals surface area (Å²) in [5, 5.41) is 8.43. The SMILES string of the molecule is Cl.O=C(NC1CCNCC1)c1cccc(OCc2cccs2)c1. The molecular weight excluding hydrogens is 332 g/mol. The number of hydrogen-bond donors (Lipinski definition) is 2. The van der Waals surface area contributed by atoms with Gasteiger partial charge in [-0.25, -0.2) is 0 Å². The molecule has 1 aliphatic rings. The quantitative estimate of drug-likeness (QED) is 0.868. The highest BCUT2D eigenvalue weighted by molar-refractivity contribution is 7.09. The Morgan fingerprint density at radius 3 is 2.83 bits per heavy atom. The third-order valence-corrected chi connectivity index (χ3v) is 4.58. The van der Waals surface area contributed by atoms with Crippen LogP contribution in [0.2, 0.25) is 0 Å². The van der Waals surface area contributed by atoms with Crippen LogP contribution in [0.1, 0.15) is 28.1 Å². The Balaban J connectivity index is 0.00000192. The first-order chi connectivity index (χ1) is 10.8. The molecule has 1 fully saturated rings. The van der Waals surface area contributed by atoms with Gasteiger partial charge in [0.05, 0.1) is 0 Å². The number of carbonyl (C=O) groups is 1. The van der Waals surface area contributed by atoms with E-state index in [-0.39, 0.29) is 24.4 Å². The van der Waals surface area contributed by atoms with E-state index in [1.165, 1.54) is 4.88 Å². The predicted octanol–water partition coefficient (Wildman–Crippen LogP) is 3.23. The molecule has 2 aromatic rings. The summed E-state index contributed by atoms with van der Waals surface area (Å²) >= 11 is 1.67. The van der Waals surface area contributed by atoms with Crippen molar-refractivity contribution in [2.24, 2.45) is 0 Å². The fourth-order valence-corrected chi connectivity index (χ4v) is 3.13. The van der Waals surface area contributed by atoms with Gasteiger partial charge in [0.1, 0.15) is 12.4 Å². The highest BCUT2D eigenvalue weighted by Gasteiger charge is 2.16. The van der Waals surface area contributed by atoms with Crippen molar-refractivity contribution in [2.45, 2.75) is 25.5 Å². The van der Waals surface area contributed by atoms with Crippen LogP contribution in [0.25, 0.3) is 0 Å². The van der Waals surface area contributed by atoms with Crippen molar-refractivity contribution >= 4 is 29.7 Å². The number of piperidine rings is 1. The van der Waals surface area contributed by atoms with Gasteiger partial charge in [0, 0.05) is 16.5 Å². The van der Waals surface area contributed by atoms with Crippen LogP contribution < -0.4 is 15.4 Å². The zero-order chi connectivity index (χ0) is 15.2. The van der Waals surface area contributed by atoms with Gasteiger partial charge in [0.15, 0.2) is 0 Å². The summed E-state index contributed by atoms with van der Waals surface area (Å²) in [5.74, 6) is 0.708. The fraction of sp³-hybridized carbons (Fsp3) is 0.353. The Hall–Kier alpha value is -1.56. The number of amides is 1. The van der Waals surface area contributed by atoms with Crippen molar-refractivity contribution in [3.8, 4) is 5.75 Å². The minimum atomic E-state index is -0.0199. The summed E-state index contributed by atoms with van der Waals surface area (Å²) in [7, 11) is 0. The van der Waals surface area contributed by atoms with Crippen LogP contribution in [-0.4, -0.2) is 25.0 Å². The molecule has 1 saturated heterocycles. The van der Waals surface area contributed by atoms with Gasteiger partial charge in [-0.1, -0.05) is 12.1 Å². The molecular formula is C17H21ClN2O2S. The molecule has 3 rings (SSSR count). The minimum Gasteiger partial charge on any atom is -0.488 e. The first-order valence-corrected chi connectivity index (χ1v) is 8.46. The van der Waals surface area contributed by atoms with Crippen molar-refractivity contribution in [1.82, 2.24) is 10.6 Å². The third kappa shape index (κ3) is 5.23. The lowest BCUT2D eigenvalue weighted by molar-refractivity contribution is 0.0929. The number of carbonyl (C=O) groups excluding carboxylic acids is 1. The highest BCUT2D eigenvalue weighted by atomic mass is 35.5. The first kappa shape index (κ1) is 17.8. The monoisotopic (exact) mass is 352 g/mol. The molecule has 2 N–H and O–H groups in total. The normalized spacial score (nSPS) is 14.8. The summed E-state index contributed by atoms with van der Waals surface area (Å²) in [4.78, 5) is 13.5. The Labute approximate surface area is 146 Å². The van der Waals surface area contributed by atoms with Crippen LogP contribution in [0.3, 0.4) is 0 Å². The molecule has 1 aliphatic heterocycles. The minimum absolute atomic E-state index is 0. The Kier molecular flexibility index (Phi) is 6.89. The second-order valence-electron chi connectivity index (χ2n) is 5.39. The number of thiophene rings is 1. The highest BCUT2D eigenvalue weighted by Crippen LogP contribution is 2.17. The van der Waals surface area contributed by atoms with Crippen LogP contribution in [0, 0.1) is 0 Å². The maximum atomic E-state index is 12.3. The van der Waals surface area contributed by atoms with Gasteiger partial charge in [-0.05, 0) is 55.6 Å². The van der Waals surface area contributed by atoms with Crippen molar-refractivity contribution in [3.05, 3.63) is 52.2 Å². The molecule has 23 heavy (non-hydrogen) atoms. The summed E-state index contributed by atoms with van der Waals surface area (Å²) in [5.41, 5.74) is 0.655. The molecule has 0 spiro atoms. The zero-order valence-corrected chi connectivity index (χ0v) is 14.4. The van der Waals surface area contributed by atoms with E-state index in [4.69, 9.17) is 4.74 Å². The summed E-state index contributed by atoms with van der Waals surface area (Å²) in [6.45, 7) is 2.47. The zero-order valence-electron chi connectivity index (χ0n) is 12.8. The number of rotatable bonds is 5. The predicted molar refractivity (Wildman–Crippen MR) is 95.7 cm³/mol. The van der Waals surface area contributed by atoms with Crippen molar-refractivity contribution in [3.63, 3.8) is 0 Å². The number of hydrogen-bond acceptors (Lipinski definition) is 4. The van der Waals surface area contributed by atoms with Crippen LogP contribution in [0.4, 0.5) is 0 Å². The number of halogens is 1. The van der Waals surface area contributed by atoms with Gasteiger partial charge in [-0.15, -0.1) is 23.7 Å². The van der Waals surface area contributed by atoms with Crippen LogP contribution in [-0.2, 0) is 6.61 Å². The largest absolute Gasteiger partial charge is 0.488 e. The Morgan fingerprint density at radius 1 is 1.26 bits per heavy atom. The van der Waals surface area contributed by atoms with E-state index in [9.17, 15) is 4.79 Å². The average molecular weight is 353 g/mol. The molecule has 2 heterocycles. The van der Waals surface area contributed by atoms with Crippen LogP contribution in [0.15, 0.2) is 41.8 Å². The van der Waals surface area contributed by atoms with E-state index in [1.54, 1.807) is 11.3 Å². The topological polar surface area (TPSA) is 50.4 Å². The molecule has 1 aromatic carbocycles. The molecule has 1 amide bonds. The number of benzene rings is 1. The molecule has 1 aromatic heterocycles. The number of nitrogens with one attached hydrogen (secondary N) is 2. The van der Waals surface area contributed by atoms with Gasteiger partial charge in [-0.2, -0.15) is 0 Å². The summed E-state index contributed by atoms with van der Waals surface area (Å²) < 4.78 is 5.75. The van der Waals surface area contributed by atoms with Gasteiger partial charge in [0.2, 0.25) is 0 Å². The molecule has 0 atom stereocenters. The van der Waals surface area contributed by atoms with E-state index in [0.29, 0.717) is 12.2 Å². The van der Waals surface area contributed by atoms with Gasteiger partial charge < -0.3 is 15.4 Å². The average Bonchev–Trinajstić information content (AvgIpc) is 3.08. The lowest BCUT2D eigenvalue weighted by Gasteiger charge is -2.23. The smallest absolute Gasteiger partial charge is 0.251 e. The van der Waals surface area contributed by atoms with Crippen molar-refractivity contribution < 1.29 is 9.53 Å². The molecule has 0 radical (unpaired) electrons. The summed E-state index contributed by atoms with van der Waals surface area (Å²) in [6.07, 6.45) is 1.97. The van der Waals surface area contributed by atoms with E-state index in [2.05, 4.69) is 10.6 Å². The molecule has 0 bridgehead atoms. The molecule has 0 aliphatic carbocycles. The van der Waals surface area contributed by atoms with E-state index in [0.717, 1.165) is 31.7 Å². The van der Waals surface area contributed by atoms with E-state index < -0.39 is 0 Å². The third-order valence-electron chi connectivity index (χ3n) is 3.73. The van der Waals surface area contributed by atoms with Crippen LogP contribution >= 0.6 is 23.7 Å². The van der Waals surface area contributed by atoms with Crippen molar-refractivity contribution in [1.29, 1.82) is 0 Å². The lowest BCUT2D eigenvalue weighted by Crippen LogP contribution is -2.42. The molecule has 6 heteroatoms. The Bertz CT molecular complexity index is 613. The van der Waals surface area contributed by atoms with E-state index in [1.807, 2.05) is 41.8 Å².